The van der Waals surface area contributed by atoms with Gasteiger partial charge in [0.25, 0.3) is 0 Å². The number of carbonyl (C=O) groups is 2. The summed E-state index contributed by atoms with van der Waals surface area (Å²) in [6, 6.07) is 12.7. The van der Waals surface area contributed by atoms with Crippen molar-refractivity contribution >= 4 is 11.8 Å². The van der Waals surface area contributed by atoms with Gasteiger partial charge in [-0.15, -0.1) is 10.2 Å². The van der Waals surface area contributed by atoms with Gasteiger partial charge in [0.05, 0.1) is 12.6 Å². The zero-order valence-corrected chi connectivity index (χ0v) is 20.3. The van der Waals surface area contributed by atoms with Crippen molar-refractivity contribution in [1.29, 1.82) is 0 Å². The van der Waals surface area contributed by atoms with Gasteiger partial charge in [0.2, 0.25) is 23.6 Å². The Morgan fingerprint density at radius 1 is 1.03 bits per heavy atom. The van der Waals surface area contributed by atoms with Gasteiger partial charge < -0.3 is 14.6 Å². The van der Waals surface area contributed by atoms with E-state index in [2.05, 4.69) is 15.5 Å². The molecule has 0 bridgehead atoms. The van der Waals surface area contributed by atoms with Gasteiger partial charge in [-0.2, -0.15) is 0 Å². The first-order valence-corrected chi connectivity index (χ1v) is 12.9. The van der Waals surface area contributed by atoms with E-state index < -0.39 is 30.1 Å². The topological polar surface area (TPSA) is 88.3 Å². The number of hydrogen-bond acceptors (Lipinski definition) is 5. The van der Waals surface area contributed by atoms with E-state index in [1.165, 1.54) is 11.0 Å². The molecule has 192 valence electrons. The number of halogens is 2. The average Bonchev–Trinajstić information content (AvgIpc) is 3.83. The van der Waals surface area contributed by atoms with Crippen molar-refractivity contribution in [3.63, 3.8) is 0 Å². The Labute approximate surface area is 213 Å². The van der Waals surface area contributed by atoms with Crippen LogP contribution in [0.15, 0.2) is 52.9 Å². The number of benzene rings is 2. The molecule has 9 heteroatoms. The van der Waals surface area contributed by atoms with Crippen molar-refractivity contribution in [2.45, 2.75) is 68.6 Å². The van der Waals surface area contributed by atoms with Gasteiger partial charge in [-0.3, -0.25) is 9.59 Å². The molecule has 2 aliphatic carbocycles. The Morgan fingerprint density at radius 3 is 2.49 bits per heavy atom. The van der Waals surface area contributed by atoms with Crippen molar-refractivity contribution in [3.05, 3.63) is 82.8 Å². The molecule has 2 aromatic carbocycles. The third-order valence-corrected chi connectivity index (χ3v) is 7.38. The highest BCUT2D eigenvalue weighted by Crippen LogP contribution is 2.42. The monoisotopic (exact) mass is 506 g/mol. The minimum absolute atomic E-state index is 0.106. The molecule has 2 saturated carbocycles. The lowest BCUT2D eigenvalue weighted by molar-refractivity contribution is -0.138. The molecule has 3 aromatic rings. The van der Waals surface area contributed by atoms with Crippen molar-refractivity contribution in [3.8, 4) is 0 Å². The fourth-order valence-corrected chi connectivity index (χ4v) is 5.06. The number of likely N-dealkylation sites (tertiary alicyclic amines) is 1. The van der Waals surface area contributed by atoms with E-state index in [0.717, 1.165) is 31.2 Å². The predicted octanol–water partition coefficient (Wildman–Crippen LogP) is 4.35. The lowest BCUT2D eigenvalue weighted by Crippen LogP contribution is -2.47. The van der Waals surface area contributed by atoms with Crippen LogP contribution in [-0.4, -0.2) is 45.7 Å². The number of amides is 2. The van der Waals surface area contributed by atoms with E-state index in [0.29, 0.717) is 17.0 Å². The molecule has 3 atom stereocenters. The molecule has 3 fully saturated rings. The van der Waals surface area contributed by atoms with Gasteiger partial charge in [-0.25, -0.2) is 8.78 Å². The summed E-state index contributed by atoms with van der Waals surface area (Å²) in [5.74, 6) is -0.00996. The van der Waals surface area contributed by atoms with Gasteiger partial charge in [-0.05, 0) is 54.4 Å². The molecule has 3 aliphatic rings. The van der Waals surface area contributed by atoms with Gasteiger partial charge in [0, 0.05) is 12.3 Å². The van der Waals surface area contributed by atoms with Crippen molar-refractivity contribution in [2.24, 2.45) is 0 Å². The number of hydrogen-bond donors (Lipinski definition) is 1. The molecule has 1 N–H and O–H groups in total. The molecule has 2 amide bonds. The lowest BCUT2D eigenvalue weighted by atomic mass is 9.96. The standard InChI is InChI=1S/C28H28F2N4O3/c29-20-13-23(34(15-20)25(35)14-24-32-33-28(37-24)18-8-9-18)27(36)31-26(17-4-2-1-3-5-17)19-10-11-21(16-6-7-16)22(30)12-19/h1-5,10-12,16,18,20,23,26H,6-9,13-15H2,(H,31,36)/t20-,23+,26+/m1/s1. The molecule has 37 heavy (non-hydrogen) atoms. The molecule has 6 rings (SSSR count). The van der Waals surface area contributed by atoms with E-state index in [1.807, 2.05) is 36.4 Å². The van der Waals surface area contributed by atoms with E-state index in [9.17, 15) is 18.4 Å². The summed E-state index contributed by atoms with van der Waals surface area (Å²) >= 11 is 0. The third-order valence-electron chi connectivity index (χ3n) is 7.38. The Bertz CT molecular complexity index is 1310. The van der Waals surface area contributed by atoms with Crippen LogP contribution in [0.4, 0.5) is 8.78 Å². The first-order valence-electron chi connectivity index (χ1n) is 12.9. The molecule has 7 nitrogen and oxygen atoms in total. The predicted molar refractivity (Wildman–Crippen MR) is 130 cm³/mol. The molecule has 0 unspecified atom stereocenters. The minimum Gasteiger partial charge on any atom is -0.424 e. The summed E-state index contributed by atoms with van der Waals surface area (Å²) < 4.78 is 35.0. The maximum atomic E-state index is 14.9. The Hall–Kier alpha value is -3.62. The zero-order chi connectivity index (χ0) is 25.5. The SMILES string of the molecule is O=C(N[C@@H](c1ccccc1)c1ccc(C2CC2)c(F)c1)[C@@H]1C[C@@H](F)CN1C(=O)Cc1nnc(C2CC2)o1. The molecular formula is C28H28F2N4O3. The normalized spacial score (nSPS) is 22.2. The second-order valence-electron chi connectivity index (χ2n) is 10.3. The Balaban J connectivity index is 1.21. The summed E-state index contributed by atoms with van der Waals surface area (Å²) in [4.78, 5) is 27.8. The highest BCUT2D eigenvalue weighted by molar-refractivity contribution is 5.89. The summed E-state index contributed by atoms with van der Waals surface area (Å²) in [5, 5.41) is 10.9. The molecule has 0 spiro atoms. The Kier molecular flexibility index (Phi) is 6.22. The number of nitrogens with one attached hydrogen (secondary N) is 1. The van der Waals surface area contributed by atoms with Crippen LogP contribution in [0.5, 0.6) is 0 Å². The van der Waals surface area contributed by atoms with Crippen LogP contribution in [0.1, 0.15) is 78.5 Å². The van der Waals surface area contributed by atoms with Crippen LogP contribution in [0, 0.1) is 5.82 Å². The zero-order valence-electron chi connectivity index (χ0n) is 20.3. The number of aromatic nitrogens is 2. The maximum Gasteiger partial charge on any atom is 0.243 e. The molecule has 1 aliphatic heterocycles. The lowest BCUT2D eigenvalue weighted by Gasteiger charge is -2.27. The summed E-state index contributed by atoms with van der Waals surface area (Å²) in [6.07, 6.45) is 2.33. The Morgan fingerprint density at radius 2 is 1.78 bits per heavy atom. The maximum absolute atomic E-state index is 14.9. The molecular weight excluding hydrogens is 478 g/mol. The summed E-state index contributed by atoms with van der Waals surface area (Å²) in [6.45, 7) is -0.179. The molecule has 2 heterocycles. The molecule has 1 saturated heterocycles. The fourth-order valence-electron chi connectivity index (χ4n) is 5.06. The first-order chi connectivity index (χ1) is 18.0. The number of nitrogens with zero attached hydrogens (tertiary/aromatic N) is 3. The van der Waals surface area contributed by atoms with Crippen molar-refractivity contribution in [1.82, 2.24) is 20.4 Å². The van der Waals surface area contributed by atoms with Crippen LogP contribution in [0.2, 0.25) is 0 Å². The van der Waals surface area contributed by atoms with Gasteiger partial charge >= 0.3 is 0 Å². The average molecular weight is 507 g/mol. The second kappa shape index (κ2) is 9.68. The number of carbonyl (C=O) groups excluding carboxylic acids is 2. The van der Waals surface area contributed by atoms with Crippen LogP contribution in [-0.2, 0) is 16.0 Å². The number of rotatable bonds is 8. The quantitative estimate of drug-likeness (QED) is 0.491. The molecule has 1 aromatic heterocycles. The smallest absolute Gasteiger partial charge is 0.243 e. The molecule has 0 radical (unpaired) electrons. The van der Waals surface area contributed by atoms with Crippen LogP contribution in [0.25, 0.3) is 0 Å². The largest absolute Gasteiger partial charge is 0.424 e. The summed E-state index contributed by atoms with van der Waals surface area (Å²) in [7, 11) is 0. The first kappa shape index (κ1) is 23.8. The number of alkyl halides is 1. The van der Waals surface area contributed by atoms with Gasteiger partial charge in [0.1, 0.15) is 24.5 Å². The van der Waals surface area contributed by atoms with Crippen molar-refractivity contribution in [2.75, 3.05) is 6.54 Å². The van der Waals surface area contributed by atoms with E-state index >= 15 is 0 Å². The van der Waals surface area contributed by atoms with E-state index in [-0.39, 0.29) is 42.9 Å². The van der Waals surface area contributed by atoms with E-state index in [1.54, 1.807) is 6.07 Å². The van der Waals surface area contributed by atoms with Gasteiger partial charge in [0.15, 0.2) is 0 Å². The third kappa shape index (κ3) is 5.12. The summed E-state index contributed by atoms with van der Waals surface area (Å²) in [5.41, 5.74) is 2.05. The van der Waals surface area contributed by atoms with Gasteiger partial charge in [-0.1, -0.05) is 42.5 Å². The highest BCUT2D eigenvalue weighted by Gasteiger charge is 2.41. The van der Waals surface area contributed by atoms with Crippen molar-refractivity contribution < 1.29 is 22.8 Å². The second-order valence-corrected chi connectivity index (χ2v) is 10.3. The fraction of sp³-hybridized carbons (Fsp3) is 0.429. The van der Waals surface area contributed by atoms with Crippen LogP contribution in [0.3, 0.4) is 0 Å². The van der Waals surface area contributed by atoms with Crippen LogP contribution < -0.4 is 5.32 Å². The minimum atomic E-state index is -1.32. The highest BCUT2D eigenvalue weighted by atomic mass is 19.1. The van der Waals surface area contributed by atoms with Crippen LogP contribution >= 0.6 is 0 Å². The van der Waals surface area contributed by atoms with E-state index in [4.69, 9.17) is 4.42 Å².